The number of aromatic nitrogens is 2. The SMILES string of the molecule is CC.CC.c1ccc(N2CCCCC2)cc1.c1ccc2c(c1)Cn1cncc1-2. The van der Waals surface area contributed by atoms with Crippen molar-refractivity contribution in [3.8, 4) is 11.3 Å². The molecule has 3 aromatic rings. The van der Waals surface area contributed by atoms with Crippen molar-refractivity contribution in [3.63, 3.8) is 0 Å². The fourth-order valence-electron chi connectivity index (χ4n) is 3.55. The first kappa shape index (κ1) is 21.7. The van der Waals surface area contributed by atoms with Crippen LogP contribution >= 0.6 is 0 Å². The fraction of sp³-hybridized carbons (Fsp3) is 0.400. The molecule has 2 aromatic carbocycles. The average molecular weight is 378 g/mol. The first-order chi connectivity index (χ1) is 13.9. The summed E-state index contributed by atoms with van der Waals surface area (Å²) in [4.78, 5) is 6.58. The molecule has 1 aromatic heterocycles. The monoisotopic (exact) mass is 377 g/mol. The van der Waals surface area contributed by atoms with Crippen LogP contribution in [0.1, 0.15) is 52.5 Å². The number of rotatable bonds is 1. The molecule has 5 rings (SSSR count). The van der Waals surface area contributed by atoms with E-state index in [1.54, 1.807) is 0 Å². The predicted octanol–water partition coefficient (Wildman–Crippen LogP) is 6.64. The third kappa shape index (κ3) is 5.48. The summed E-state index contributed by atoms with van der Waals surface area (Å²) in [5.74, 6) is 0. The van der Waals surface area contributed by atoms with Gasteiger partial charge >= 0.3 is 0 Å². The summed E-state index contributed by atoms with van der Waals surface area (Å²) < 4.78 is 2.17. The van der Waals surface area contributed by atoms with Gasteiger partial charge in [-0.3, -0.25) is 0 Å². The maximum atomic E-state index is 4.11. The first-order valence-corrected chi connectivity index (χ1v) is 10.8. The maximum absolute atomic E-state index is 4.11. The van der Waals surface area contributed by atoms with Crippen LogP contribution in [0, 0.1) is 0 Å². The molecule has 3 nitrogen and oxygen atoms in total. The lowest BCUT2D eigenvalue weighted by Gasteiger charge is -2.28. The van der Waals surface area contributed by atoms with Crippen LogP contribution in [0.25, 0.3) is 11.3 Å². The first-order valence-electron chi connectivity index (χ1n) is 10.8. The summed E-state index contributed by atoms with van der Waals surface area (Å²) in [6, 6.07) is 19.2. The lowest BCUT2D eigenvalue weighted by molar-refractivity contribution is 0.578. The zero-order valence-corrected chi connectivity index (χ0v) is 17.9. The van der Waals surface area contributed by atoms with Crippen molar-refractivity contribution in [2.45, 2.75) is 53.5 Å². The van der Waals surface area contributed by atoms with E-state index in [1.807, 2.05) is 40.2 Å². The largest absolute Gasteiger partial charge is 0.372 e. The van der Waals surface area contributed by atoms with E-state index >= 15 is 0 Å². The Morgan fingerprint density at radius 1 is 0.750 bits per heavy atom. The molecule has 0 amide bonds. The van der Waals surface area contributed by atoms with Crippen LogP contribution in [0.3, 0.4) is 0 Å². The zero-order chi connectivity index (χ0) is 20.2. The second-order valence-electron chi connectivity index (χ2n) is 6.45. The van der Waals surface area contributed by atoms with Gasteiger partial charge in [0, 0.05) is 30.9 Å². The van der Waals surface area contributed by atoms with Crippen LogP contribution in [0.4, 0.5) is 5.69 Å². The molecule has 0 atom stereocenters. The van der Waals surface area contributed by atoms with Crippen LogP contribution in [0.15, 0.2) is 67.1 Å². The summed E-state index contributed by atoms with van der Waals surface area (Å²) >= 11 is 0. The lowest BCUT2D eigenvalue weighted by atomic mass is 10.1. The van der Waals surface area contributed by atoms with Gasteiger partial charge in [-0.2, -0.15) is 0 Å². The van der Waals surface area contributed by atoms with Crippen LogP contribution in [-0.2, 0) is 6.54 Å². The summed E-state index contributed by atoms with van der Waals surface area (Å²) in [6.07, 6.45) is 7.92. The molecule has 0 saturated carbocycles. The molecule has 1 fully saturated rings. The summed E-state index contributed by atoms with van der Waals surface area (Å²) in [6.45, 7) is 11.5. The van der Waals surface area contributed by atoms with E-state index in [-0.39, 0.29) is 0 Å². The van der Waals surface area contributed by atoms with E-state index in [0.717, 1.165) is 6.54 Å². The topological polar surface area (TPSA) is 21.1 Å². The molecule has 0 bridgehead atoms. The molecule has 2 aliphatic heterocycles. The number of piperidine rings is 1. The van der Waals surface area contributed by atoms with Gasteiger partial charge < -0.3 is 9.47 Å². The van der Waals surface area contributed by atoms with Gasteiger partial charge in [-0.05, 0) is 37.0 Å². The van der Waals surface area contributed by atoms with Crippen LogP contribution in [0.2, 0.25) is 0 Å². The second kappa shape index (κ2) is 12.0. The third-order valence-corrected chi connectivity index (χ3v) is 4.82. The molecule has 1 saturated heterocycles. The van der Waals surface area contributed by atoms with Gasteiger partial charge in [0.25, 0.3) is 0 Å². The molecular formula is C25H35N3. The van der Waals surface area contributed by atoms with Gasteiger partial charge in [0.15, 0.2) is 0 Å². The van der Waals surface area contributed by atoms with E-state index in [4.69, 9.17) is 0 Å². The van der Waals surface area contributed by atoms with Crippen LogP contribution in [0.5, 0.6) is 0 Å². The highest BCUT2D eigenvalue weighted by atomic mass is 15.1. The van der Waals surface area contributed by atoms with Gasteiger partial charge in [-0.15, -0.1) is 0 Å². The second-order valence-corrected chi connectivity index (χ2v) is 6.45. The van der Waals surface area contributed by atoms with Gasteiger partial charge in [-0.25, -0.2) is 4.98 Å². The Morgan fingerprint density at radius 3 is 2.11 bits per heavy atom. The van der Waals surface area contributed by atoms with Crippen molar-refractivity contribution in [3.05, 3.63) is 72.7 Å². The molecule has 3 heterocycles. The van der Waals surface area contributed by atoms with E-state index in [1.165, 1.54) is 54.9 Å². The highest BCUT2D eigenvalue weighted by molar-refractivity contribution is 5.67. The molecule has 2 aliphatic rings. The summed E-state index contributed by atoms with van der Waals surface area (Å²) in [5.41, 5.74) is 5.35. The van der Waals surface area contributed by atoms with E-state index in [2.05, 4.69) is 69.0 Å². The summed E-state index contributed by atoms with van der Waals surface area (Å²) in [7, 11) is 0. The minimum Gasteiger partial charge on any atom is -0.372 e. The number of anilines is 1. The molecule has 3 heteroatoms. The Labute approximate surface area is 171 Å². The van der Waals surface area contributed by atoms with Gasteiger partial charge in [0.2, 0.25) is 0 Å². The van der Waals surface area contributed by atoms with Crippen molar-refractivity contribution in [1.29, 1.82) is 0 Å². The average Bonchev–Trinajstić information content (AvgIpc) is 3.40. The van der Waals surface area contributed by atoms with Crippen molar-refractivity contribution in [2.75, 3.05) is 18.0 Å². The smallest absolute Gasteiger partial charge is 0.0954 e. The normalized spacial score (nSPS) is 13.5. The fourth-order valence-corrected chi connectivity index (χ4v) is 3.55. The molecular weight excluding hydrogens is 342 g/mol. The Hall–Kier alpha value is -2.55. The van der Waals surface area contributed by atoms with E-state index < -0.39 is 0 Å². The zero-order valence-electron chi connectivity index (χ0n) is 17.9. The number of hydrogen-bond donors (Lipinski definition) is 0. The highest BCUT2D eigenvalue weighted by Gasteiger charge is 2.16. The Morgan fingerprint density at radius 2 is 1.39 bits per heavy atom. The number of fused-ring (bicyclic) bond motifs is 3. The maximum Gasteiger partial charge on any atom is 0.0954 e. The lowest BCUT2D eigenvalue weighted by Crippen LogP contribution is -2.29. The Balaban J connectivity index is 0.000000171. The predicted molar refractivity (Wildman–Crippen MR) is 122 cm³/mol. The van der Waals surface area contributed by atoms with Crippen molar-refractivity contribution in [2.24, 2.45) is 0 Å². The van der Waals surface area contributed by atoms with Gasteiger partial charge in [0.1, 0.15) is 0 Å². The van der Waals surface area contributed by atoms with Gasteiger partial charge in [-0.1, -0.05) is 70.2 Å². The standard InChI is InChI=1S/C11H15N.C10H8N2.2C2H6/c1-3-7-11(8-4-1)12-9-5-2-6-10-12;1-2-4-9-8(3-1)6-12-7-11-5-10(9)12;2*1-2/h1,3-4,7-8H,2,5-6,9-10H2;1-5,7H,6H2;2*1-2H3. The number of benzene rings is 2. The third-order valence-electron chi connectivity index (χ3n) is 4.82. The van der Waals surface area contributed by atoms with Crippen LogP contribution in [-0.4, -0.2) is 22.6 Å². The van der Waals surface area contributed by atoms with E-state index in [0.29, 0.717) is 0 Å². The molecule has 0 aliphatic carbocycles. The Kier molecular flexibility index (Phi) is 9.33. The quantitative estimate of drug-likeness (QED) is 0.371. The summed E-state index contributed by atoms with van der Waals surface area (Å²) in [5, 5.41) is 0. The molecule has 0 radical (unpaired) electrons. The molecule has 0 N–H and O–H groups in total. The van der Waals surface area contributed by atoms with Crippen molar-refractivity contribution < 1.29 is 0 Å². The Bertz CT molecular complexity index is 786. The molecule has 28 heavy (non-hydrogen) atoms. The minimum absolute atomic E-state index is 0.978. The molecule has 150 valence electrons. The number of imidazole rings is 1. The molecule has 0 spiro atoms. The number of hydrogen-bond acceptors (Lipinski definition) is 2. The van der Waals surface area contributed by atoms with Crippen molar-refractivity contribution >= 4 is 5.69 Å². The number of para-hydroxylation sites is 1. The highest BCUT2D eigenvalue weighted by Crippen LogP contribution is 2.30. The van der Waals surface area contributed by atoms with Crippen LogP contribution < -0.4 is 4.90 Å². The van der Waals surface area contributed by atoms with Gasteiger partial charge in [0.05, 0.1) is 18.2 Å². The van der Waals surface area contributed by atoms with Crippen molar-refractivity contribution in [1.82, 2.24) is 9.55 Å². The molecule has 0 unspecified atom stereocenters. The van der Waals surface area contributed by atoms with E-state index in [9.17, 15) is 0 Å². The number of nitrogens with zero attached hydrogens (tertiary/aromatic N) is 3. The minimum atomic E-state index is 0.978.